The first-order valence-electron chi connectivity index (χ1n) is 9.87. The number of hydrogen-bond acceptors (Lipinski definition) is 3. The van der Waals surface area contributed by atoms with E-state index < -0.39 is 23.4 Å². The van der Waals surface area contributed by atoms with E-state index in [1.807, 2.05) is 0 Å². The summed E-state index contributed by atoms with van der Waals surface area (Å²) in [6.07, 6.45) is 4.02. The molecule has 0 aromatic heterocycles. The molecule has 3 N–H and O–H groups in total. The standard InChI is InChI=1S/C22H23F2N3O3/c23-14-9-10-16(18(24)13-14)21(29)25-12-11-20(28)27-19-8-4-3-7-17(19)22(30)26-15-5-1-2-6-15/h3-4,7-10,13,15H,1-2,5-6,11-12H2,(H,25,29)(H,26,30)(H,27,28). The molecule has 1 fully saturated rings. The smallest absolute Gasteiger partial charge is 0.254 e. The van der Waals surface area contributed by atoms with Crippen molar-refractivity contribution >= 4 is 23.4 Å². The van der Waals surface area contributed by atoms with Gasteiger partial charge in [0.1, 0.15) is 11.6 Å². The summed E-state index contributed by atoms with van der Waals surface area (Å²) in [5.74, 6) is -3.14. The SMILES string of the molecule is O=C(CCNC(=O)c1ccc(F)cc1F)Nc1ccccc1C(=O)NC1CCCC1. The van der Waals surface area contributed by atoms with E-state index >= 15 is 0 Å². The quantitative estimate of drug-likeness (QED) is 0.648. The summed E-state index contributed by atoms with van der Waals surface area (Å²) in [5, 5.41) is 8.08. The summed E-state index contributed by atoms with van der Waals surface area (Å²) in [6.45, 7) is -0.0437. The molecule has 2 aromatic rings. The molecular formula is C22H23F2N3O3. The van der Waals surface area contributed by atoms with Crippen molar-refractivity contribution < 1.29 is 23.2 Å². The molecule has 6 nitrogen and oxygen atoms in total. The van der Waals surface area contributed by atoms with Gasteiger partial charge in [-0.2, -0.15) is 0 Å². The summed E-state index contributed by atoms with van der Waals surface area (Å²) in [4.78, 5) is 36.7. The lowest BCUT2D eigenvalue weighted by Crippen LogP contribution is -2.33. The molecule has 0 unspecified atom stereocenters. The first-order chi connectivity index (χ1) is 14.4. The van der Waals surface area contributed by atoms with E-state index in [-0.39, 0.29) is 30.5 Å². The first kappa shape index (κ1) is 21.4. The van der Waals surface area contributed by atoms with Gasteiger partial charge in [0.2, 0.25) is 5.91 Å². The number of para-hydroxylation sites is 1. The fourth-order valence-corrected chi connectivity index (χ4v) is 3.39. The van der Waals surface area contributed by atoms with E-state index in [2.05, 4.69) is 16.0 Å². The van der Waals surface area contributed by atoms with E-state index in [0.717, 1.165) is 37.8 Å². The van der Waals surface area contributed by atoms with Crippen molar-refractivity contribution in [3.05, 3.63) is 65.2 Å². The molecule has 0 radical (unpaired) electrons. The summed E-state index contributed by atoms with van der Waals surface area (Å²) < 4.78 is 26.5. The van der Waals surface area contributed by atoms with Crippen LogP contribution in [0.1, 0.15) is 52.8 Å². The van der Waals surface area contributed by atoms with E-state index in [4.69, 9.17) is 0 Å². The third-order valence-corrected chi connectivity index (χ3v) is 4.95. The lowest BCUT2D eigenvalue weighted by Gasteiger charge is -2.15. The zero-order valence-electron chi connectivity index (χ0n) is 16.3. The molecule has 0 bridgehead atoms. The van der Waals surface area contributed by atoms with Gasteiger partial charge in [-0.1, -0.05) is 25.0 Å². The molecule has 3 rings (SSSR count). The Morgan fingerprint density at radius 1 is 0.933 bits per heavy atom. The van der Waals surface area contributed by atoms with Crippen LogP contribution in [0.25, 0.3) is 0 Å². The van der Waals surface area contributed by atoms with Gasteiger partial charge < -0.3 is 16.0 Å². The Hall–Kier alpha value is -3.29. The van der Waals surface area contributed by atoms with Gasteiger partial charge in [0.15, 0.2) is 0 Å². The number of nitrogens with one attached hydrogen (secondary N) is 3. The van der Waals surface area contributed by atoms with Crippen molar-refractivity contribution in [2.75, 3.05) is 11.9 Å². The van der Waals surface area contributed by atoms with Crippen LogP contribution in [0.2, 0.25) is 0 Å². The minimum atomic E-state index is -0.973. The molecule has 0 atom stereocenters. The molecule has 0 saturated heterocycles. The lowest BCUT2D eigenvalue weighted by molar-refractivity contribution is -0.116. The molecule has 158 valence electrons. The van der Waals surface area contributed by atoms with Crippen molar-refractivity contribution in [2.24, 2.45) is 0 Å². The maximum Gasteiger partial charge on any atom is 0.254 e. The third kappa shape index (κ3) is 5.62. The second-order valence-corrected chi connectivity index (χ2v) is 7.18. The summed E-state index contributed by atoms with van der Waals surface area (Å²) in [7, 11) is 0. The van der Waals surface area contributed by atoms with Crippen molar-refractivity contribution in [2.45, 2.75) is 38.1 Å². The normalized spacial score (nSPS) is 13.7. The van der Waals surface area contributed by atoms with Gasteiger partial charge in [-0.25, -0.2) is 8.78 Å². The topological polar surface area (TPSA) is 87.3 Å². The Bertz CT molecular complexity index is 943. The molecule has 0 aliphatic heterocycles. The second-order valence-electron chi connectivity index (χ2n) is 7.18. The van der Waals surface area contributed by atoms with Crippen LogP contribution >= 0.6 is 0 Å². The van der Waals surface area contributed by atoms with Gasteiger partial charge in [0, 0.05) is 25.1 Å². The number of anilines is 1. The molecule has 2 aromatic carbocycles. The van der Waals surface area contributed by atoms with Gasteiger partial charge in [-0.15, -0.1) is 0 Å². The Morgan fingerprint density at radius 3 is 2.40 bits per heavy atom. The van der Waals surface area contributed by atoms with Crippen LogP contribution in [0.15, 0.2) is 42.5 Å². The molecule has 30 heavy (non-hydrogen) atoms. The van der Waals surface area contributed by atoms with Gasteiger partial charge in [0.25, 0.3) is 11.8 Å². The van der Waals surface area contributed by atoms with Crippen molar-refractivity contribution in [3.8, 4) is 0 Å². The Morgan fingerprint density at radius 2 is 1.67 bits per heavy atom. The molecule has 0 heterocycles. The average Bonchev–Trinajstić information content (AvgIpc) is 3.21. The van der Waals surface area contributed by atoms with E-state index in [0.29, 0.717) is 17.3 Å². The summed E-state index contributed by atoms with van der Waals surface area (Å²) in [6, 6.07) is 9.50. The highest BCUT2D eigenvalue weighted by Crippen LogP contribution is 2.20. The number of rotatable bonds is 7. The zero-order chi connectivity index (χ0) is 21.5. The van der Waals surface area contributed by atoms with Crippen molar-refractivity contribution in [3.63, 3.8) is 0 Å². The number of benzene rings is 2. The number of hydrogen-bond donors (Lipinski definition) is 3. The van der Waals surface area contributed by atoms with Crippen LogP contribution in [0.4, 0.5) is 14.5 Å². The van der Waals surface area contributed by atoms with Crippen LogP contribution in [0.5, 0.6) is 0 Å². The lowest BCUT2D eigenvalue weighted by atomic mass is 10.1. The van der Waals surface area contributed by atoms with E-state index in [1.165, 1.54) is 0 Å². The maximum atomic E-state index is 13.6. The fraction of sp³-hybridized carbons (Fsp3) is 0.318. The number of carbonyl (C=O) groups is 3. The van der Waals surface area contributed by atoms with Crippen LogP contribution in [-0.4, -0.2) is 30.3 Å². The fourth-order valence-electron chi connectivity index (χ4n) is 3.39. The van der Waals surface area contributed by atoms with Gasteiger partial charge >= 0.3 is 0 Å². The number of carbonyl (C=O) groups excluding carboxylic acids is 3. The van der Waals surface area contributed by atoms with Crippen LogP contribution < -0.4 is 16.0 Å². The summed E-state index contributed by atoms with van der Waals surface area (Å²) in [5.41, 5.74) is 0.454. The highest BCUT2D eigenvalue weighted by Gasteiger charge is 2.20. The highest BCUT2D eigenvalue weighted by atomic mass is 19.1. The van der Waals surface area contributed by atoms with E-state index in [9.17, 15) is 23.2 Å². The summed E-state index contributed by atoms with van der Waals surface area (Å²) >= 11 is 0. The minimum absolute atomic E-state index is 0.0437. The van der Waals surface area contributed by atoms with Gasteiger partial charge in [-0.05, 0) is 37.1 Å². The van der Waals surface area contributed by atoms with Gasteiger partial charge in [0.05, 0.1) is 16.8 Å². The molecule has 1 aliphatic carbocycles. The predicted octanol–water partition coefficient (Wildman–Crippen LogP) is 3.40. The monoisotopic (exact) mass is 415 g/mol. The van der Waals surface area contributed by atoms with E-state index in [1.54, 1.807) is 24.3 Å². The second kappa shape index (κ2) is 9.96. The van der Waals surface area contributed by atoms with Crippen molar-refractivity contribution in [1.29, 1.82) is 0 Å². The average molecular weight is 415 g/mol. The van der Waals surface area contributed by atoms with Crippen LogP contribution in [-0.2, 0) is 4.79 Å². The number of amides is 3. The molecular weight excluding hydrogens is 392 g/mol. The Balaban J connectivity index is 1.52. The van der Waals surface area contributed by atoms with Crippen molar-refractivity contribution in [1.82, 2.24) is 10.6 Å². The van der Waals surface area contributed by atoms with Crippen LogP contribution in [0, 0.1) is 11.6 Å². The molecule has 0 spiro atoms. The van der Waals surface area contributed by atoms with Gasteiger partial charge in [-0.3, -0.25) is 14.4 Å². The zero-order valence-corrected chi connectivity index (χ0v) is 16.3. The first-order valence-corrected chi connectivity index (χ1v) is 9.87. The predicted molar refractivity (Wildman–Crippen MR) is 108 cm³/mol. The minimum Gasteiger partial charge on any atom is -0.351 e. The Kier molecular flexibility index (Phi) is 7.11. The molecule has 1 aliphatic rings. The molecule has 3 amide bonds. The largest absolute Gasteiger partial charge is 0.351 e. The maximum absolute atomic E-state index is 13.6. The highest BCUT2D eigenvalue weighted by molar-refractivity contribution is 6.04. The molecule has 1 saturated carbocycles. The number of halogens is 2. The molecule has 8 heteroatoms. The third-order valence-electron chi connectivity index (χ3n) is 4.95. The van der Waals surface area contributed by atoms with Crippen LogP contribution in [0.3, 0.4) is 0 Å². The Labute approximate surface area is 173 Å².